The number of nitrogens with zero attached hydrogens (tertiary/aromatic N) is 3. The van der Waals surface area contributed by atoms with Crippen LogP contribution in [-0.2, 0) is 22.6 Å². The van der Waals surface area contributed by atoms with Gasteiger partial charge in [-0.15, -0.1) is 0 Å². The molecule has 0 aliphatic carbocycles. The summed E-state index contributed by atoms with van der Waals surface area (Å²) in [7, 11) is 0. The van der Waals surface area contributed by atoms with Gasteiger partial charge >= 0.3 is 0 Å². The third kappa shape index (κ3) is 5.06. The third-order valence-electron chi connectivity index (χ3n) is 6.79. The number of nitrogens with one attached hydrogen (secondary N) is 2. The normalized spacial score (nSPS) is 17.5. The Hall–Kier alpha value is -4.07. The predicted octanol–water partition coefficient (Wildman–Crippen LogP) is 2.92. The molecule has 3 amide bonds. The smallest absolute Gasteiger partial charge is 0.251 e. The highest BCUT2D eigenvalue weighted by Crippen LogP contribution is 2.41. The number of pyridine rings is 2. The van der Waals surface area contributed by atoms with E-state index in [1.807, 2.05) is 41.3 Å². The Labute approximate surface area is 203 Å². The highest BCUT2D eigenvalue weighted by molar-refractivity contribution is 6.04. The molecule has 1 atom stereocenters. The number of anilines is 1. The van der Waals surface area contributed by atoms with Gasteiger partial charge < -0.3 is 15.5 Å². The Morgan fingerprint density at radius 2 is 1.91 bits per heavy atom. The van der Waals surface area contributed by atoms with E-state index in [2.05, 4.69) is 20.6 Å². The van der Waals surface area contributed by atoms with Crippen LogP contribution in [0.5, 0.6) is 0 Å². The minimum Gasteiger partial charge on any atom is -0.348 e. The van der Waals surface area contributed by atoms with Crippen LogP contribution in [0.4, 0.5) is 5.69 Å². The Bertz CT molecular complexity index is 1220. The molecule has 0 spiro atoms. The molecule has 3 aromatic rings. The van der Waals surface area contributed by atoms with E-state index in [1.165, 1.54) is 0 Å². The van der Waals surface area contributed by atoms with Gasteiger partial charge in [-0.05, 0) is 66.3 Å². The maximum absolute atomic E-state index is 12.9. The number of amides is 3. The van der Waals surface area contributed by atoms with Crippen molar-refractivity contribution in [3.05, 3.63) is 89.5 Å². The van der Waals surface area contributed by atoms with Gasteiger partial charge in [0.05, 0.1) is 12.3 Å². The van der Waals surface area contributed by atoms with Gasteiger partial charge in [0.1, 0.15) is 0 Å². The summed E-state index contributed by atoms with van der Waals surface area (Å²) >= 11 is 0. The maximum Gasteiger partial charge on any atom is 0.251 e. The number of hydrogen-bond donors (Lipinski definition) is 2. The fourth-order valence-electron chi connectivity index (χ4n) is 4.93. The summed E-state index contributed by atoms with van der Waals surface area (Å²) in [6.45, 7) is 1.61. The summed E-state index contributed by atoms with van der Waals surface area (Å²) in [6, 6.07) is 14.7. The lowest BCUT2D eigenvalue weighted by atomic mass is 9.80. The molecule has 35 heavy (non-hydrogen) atoms. The zero-order valence-corrected chi connectivity index (χ0v) is 19.3. The first kappa shape index (κ1) is 22.7. The first-order valence-electron chi connectivity index (χ1n) is 11.9. The molecule has 1 fully saturated rings. The van der Waals surface area contributed by atoms with Crippen LogP contribution in [0.2, 0.25) is 0 Å². The van der Waals surface area contributed by atoms with E-state index >= 15 is 0 Å². The van der Waals surface area contributed by atoms with Gasteiger partial charge in [-0.2, -0.15) is 0 Å². The van der Waals surface area contributed by atoms with E-state index < -0.39 is 0 Å². The second-order valence-corrected chi connectivity index (χ2v) is 9.03. The first-order valence-corrected chi connectivity index (χ1v) is 11.9. The van der Waals surface area contributed by atoms with Crippen molar-refractivity contribution >= 4 is 23.4 Å². The molecule has 0 bridgehead atoms. The van der Waals surface area contributed by atoms with Gasteiger partial charge in [-0.25, -0.2) is 0 Å². The van der Waals surface area contributed by atoms with Gasteiger partial charge in [0.2, 0.25) is 11.8 Å². The summed E-state index contributed by atoms with van der Waals surface area (Å²) in [5, 5.41) is 5.88. The van der Waals surface area contributed by atoms with Crippen LogP contribution in [0.1, 0.15) is 45.9 Å². The van der Waals surface area contributed by atoms with Crippen molar-refractivity contribution in [2.24, 2.45) is 5.92 Å². The standard InChI is InChI=1S/C27H27N5O3/c33-24(15-21-5-1-2-11-29-21)32-12-8-19(9-13-32)25-22-14-20(6-7-23(22)31-27(25)35)26(34)30-17-18-4-3-10-28-16-18/h1-7,10-11,14,16,19,25H,8-9,12-13,15,17H2,(H,30,34)(H,31,35)/t25-/m0/s1. The van der Waals surface area contributed by atoms with E-state index in [9.17, 15) is 14.4 Å². The lowest BCUT2D eigenvalue weighted by Crippen LogP contribution is -2.41. The van der Waals surface area contributed by atoms with E-state index in [0.717, 1.165) is 35.3 Å². The average molecular weight is 470 g/mol. The molecule has 1 saturated heterocycles. The molecule has 5 rings (SSSR count). The second kappa shape index (κ2) is 10.0. The number of rotatable bonds is 6. The highest BCUT2D eigenvalue weighted by Gasteiger charge is 2.39. The molecule has 8 heteroatoms. The Morgan fingerprint density at radius 1 is 1.06 bits per heavy atom. The molecule has 1 aromatic carbocycles. The summed E-state index contributed by atoms with van der Waals surface area (Å²) < 4.78 is 0. The minimum atomic E-state index is -0.316. The Kier molecular flexibility index (Phi) is 6.52. The number of carbonyl (C=O) groups is 3. The lowest BCUT2D eigenvalue weighted by Gasteiger charge is -2.34. The SMILES string of the molecule is O=C(NCc1cccnc1)c1ccc2c(c1)[C@H](C1CCN(C(=O)Cc3ccccn3)CC1)C(=O)N2. The summed E-state index contributed by atoms with van der Waals surface area (Å²) in [6.07, 6.45) is 6.87. The van der Waals surface area contributed by atoms with Crippen LogP contribution in [0, 0.1) is 5.92 Å². The van der Waals surface area contributed by atoms with E-state index in [-0.39, 0.29) is 36.0 Å². The van der Waals surface area contributed by atoms with Crippen molar-refractivity contribution in [2.75, 3.05) is 18.4 Å². The van der Waals surface area contributed by atoms with Crippen LogP contribution in [0.25, 0.3) is 0 Å². The number of piperidine rings is 1. The number of fused-ring (bicyclic) bond motifs is 1. The van der Waals surface area contributed by atoms with Crippen molar-refractivity contribution in [2.45, 2.75) is 31.7 Å². The zero-order chi connectivity index (χ0) is 24.2. The van der Waals surface area contributed by atoms with Crippen LogP contribution < -0.4 is 10.6 Å². The van der Waals surface area contributed by atoms with E-state index in [0.29, 0.717) is 25.2 Å². The van der Waals surface area contributed by atoms with Gasteiger partial charge in [-0.3, -0.25) is 24.4 Å². The monoisotopic (exact) mass is 469 g/mol. The minimum absolute atomic E-state index is 0.0359. The van der Waals surface area contributed by atoms with Crippen LogP contribution >= 0.6 is 0 Å². The molecule has 4 heterocycles. The van der Waals surface area contributed by atoms with Crippen molar-refractivity contribution < 1.29 is 14.4 Å². The highest BCUT2D eigenvalue weighted by atomic mass is 16.2. The summed E-state index contributed by atoms with van der Waals surface area (Å²) in [4.78, 5) is 48.5. The lowest BCUT2D eigenvalue weighted by molar-refractivity contribution is -0.132. The second-order valence-electron chi connectivity index (χ2n) is 9.03. The number of likely N-dealkylation sites (tertiary alicyclic amines) is 1. The molecule has 8 nitrogen and oxygen atoms in total. The van der Waals surface area contributed by atoms with Crippen molar-refractivity contribution in [3.8, 4) is 0 Å². The molecule has 178 valence electrons. The number of benzene rings is 1. The molecular weight excluding hydrogens is 442 g/mol. The maximum atomic E-state index is 12.9. The van der Waals surface area contributed by atoms with Gasteiger partial charge in [0.25, 0.3) is 5.91 Å². The number of hydrogen-bond acceptors (Lipinski definition) is 5. The van der Waals surface area contributed by atoms with Gasteiger partial charge in [0, 0.05) is 55.2 Å². The van der Waals surface area contributed by atoms with Crippen LogP contribution in [0.15, 0.2) is 67.1 Å². The molecule has 2 N–H and O–H groups in total. The molecule has 0 unspecified atom stereocenters. The zero-order valence-electron chi connectivity index (χ0n) is 19.3. The summed E-state index contributed by atoms with van der Waals surface area (Å²) in [5.41, 5.74) is 3.83. The topological polar surface area (TPSA) is 104 Å². The van der Waals surface area contributed by atoms with Crippen molar-refractivity contribution in [1.82, 2.24) is 20.2 Å². The molecule has 2 aliphatic heterocycles. The largest absolute Gasteiger partial charge is 0.348 e. The quantitative estimate of drug-likeness (QED) is 0.578. The predicted molar refractivity (Wildman–Crippen MR) is 130 cm³/mol. The number of carbonyl (C=O) groups excluding carboxylic acids is 3. The van der Waals surface area contributed by atoms with Crippen LogP contribution in [0.3, 0.4) is 0 Å². The van der Waals surface area contributed by atoms with Crippen molar-refractivity contribution in [1.29, 1.82) is 0 Å². The number of aromatic nitrogens is 2. The molecule has 2 aromatic heterocycles. The van der Waals surface area contributed by atoms with E-state index in [4.69, 9.17) is 0 Å². The molecule has 2 aliphatic rings. The first-order chi connectivity index (χ1) is 17.1. The van der Waals surface area contributed by atoms with Crippen molar-refractivity contribution in [3.63, 3.8) is 0 Å². The Morgan fingerprint density at radius 3 is 2.66 bits per heavy atom. The average Bonchev–Trinajstić information content (AvgIpc) is 3.23. The van der Waals surface area contributed by atoms with Crippen LogP contribution in [-0.4, -0.2) is 45.7 Å². The van der Waals surface area contributed by atoms with E-state index in [1.54, 1.807) is 30.7 Å². The molecule has 0 radical (unpaired) electrons. The van der Waals surface area contributed by atoms with Gasteiger partial charge in [0.15, 0.2) is 0 Å². The fourth-order valence-corrected chi connectivity index (χ4v) is 4.93. The third-order valence-corrected chi connectivity index (χ3v) is 6.79. The van der Waals surface area contributed by atoms with Gasteiger partial charge in [-0.1, -0.05) is 12.1 Å². The Balaban J connectivity index is 1.23. The summed E-state index contributed by atoms with van der Waals surface area (Å²) in [5.74, 6) is -0.366. The molecule has 0 saturated carbocycles. The fraction of sp³-hybridized carbons (Fsp3) is 0.296. The molecular formula is C27H27N5O3.